The molecule has 1 rings (SSSR count). The molecule has 0 saturated carbocycles. The van der Waals surface area contributed by atoms with Crippen LogP contribution in [-0.4, -0.2) is 24.5 Å². The van der Waals surface area contributed by atoms with Crippen molar-refractivity contribution < 1.29 is 9.21 Å². The maximum atomic E-state index is 11.6. The van der Waals surface area contributed by atoms with Crippen LogP contribution in [0.5, 0.6) is 0 Å². The molecule has 4 heteroatoms. The van der Waals surface area contributed by atoms with Crippen LogP contribution in [0.15, 0.2) is 16.7 Å². The number of hydrogen-bond acceptors (Lipinski definition) is 2. The number of aryl methyl sites for hydroxylation is 1. The number of nitrogens with one attached hydrogen (secondary N) is 1. The number of unbranched alkanes of at least 4 members (excludes halogenated alkanes) is 1. The zero-order valence-corrected chi connectivity index (χ0v) is 10.2. The summed E-state index contributed by atoms with van der Waals surface area (Å²) in [5.41, 5.74) is 1.05. The van der Waals surface area contributed by atoms with Crippen molar-refractivity contribution in [3.63, 3.8) is 0 Å². The molecule has 0 bridgehead atoms. The van der Waals surface area contributed by atoms with E-state index in [2.05, 4.69) is 12.2 Å². The fourth-order valence-corrected chi connectivity index (χ4v) is 1.41. The molecule has 0 radical (unpaired) electrons. The summed E-state index contributed by atoms with van der Waals surface area (Å²) in [5, 5.41) is 2.87. The highest BCUT2D eigenvalue weighted by molar-refractivity contribution is 5.73. The summed E-state index contributed by atoms with van der Waals surface area (Å²) in [5.74, 6) is 0.869. The number of rotatable bonds is 5. The molecule has 0 saturated heterocycles. The van der Waals surface area contributed by atoms with Crippen molar-refractivity contribution in [2.75, 3.05) is 13.6 Å². The third-order valence-electron chi connectivity index (χ3n) is 2.53. The molecule has 16 heavy (non-hydrogen) atoms. The number of urea groups is 1. The molecular weight excluding hydrogens is 204 g/mol. The van der Waals surface area contributed by atoms with Crippen molar-refractivity contribution in [2.45, 2.75) is 33.2 Å². The smallest absolute Gasteiger partial charge is 0.317 e. The molecule has 0 aliphatic carbocycles. The Morgan fingerprint density at radius 1 is 1.56 bits per heavy atom. The van der Waals surface area contributed by atoms with Crippen LogP contribution in [0, 0.1) is 6.92 Å². The van der Waals surface area contributed by atoms with Crippen molar-refractivity contribution in [3.8, 4) is 0 Å². The van der Waals surface area contributed by atoms with E-state index in [1.54, 1.807) is 18.2 Å². The first-order valence-corrected chi connectivity index (χ1v) is 5.67. The van der Waals surface area contributed by atoms with E-state index >= 15 is 0 Å². The first kappa shape index (κ1) is 12.6. The molecule has 1 aromatic rings. The van der Waals surface area contributed by atoms with E-state index in [1.807, 2.05) is 13.0 Å². The van der Waals surface area contributed by atoms with E-state index in [1.165, 1.54) is 0 Å². The van der Waals surface area contributed by atoms with Gasteiger partial charge in [-0.1, -0.05) is 13.3 Å². The van der Waals surface area contributed by atoms with Crippen LogP contribution in [0.3, 0.4) is 0 Å². The Labute approximate surface area is 96.6 Å². The number of amides is 2. The molecule has 0 aliphatic heterocycles. The zero-order chi connectivity index (χ0) is 12.0. The van der Waals surface area contributed by atoms with Crippen LogP contribution in [-0.2, 0) is 6.54 Å². The van der Waals surface area contributed by atoms with E-state index in [9.17, 15) is 4.79 Å². The molecular formula is C12H20N2O2. The van der Waals surface area contributed by atoms with Gasteiger partial charge in [0.05, 0.1) is 12.8 Å². The average Bonchev–Trinajstić information content (AvgIpc) is 2.64. The molecule has 0 fully saturated rings. The minimum Gasteiger partial charge on any atom is -0.469 e. The molecule has 1 heterocycles. The maximum absolute atomic E-state index is 11.6. The van der Waals surface area contributed by atoms with Crippen molar-refractivity contribution in [2.24, 2.45) is 0 Å². The first-order valence-electron chi connectivity index (χ1n) is 5.67. The predicted molar refractivity (Wildman–Crippen MR) is 63.2 cm³/mol. The molecule has 0 aliphatic rings. The standard InChI is InChI=1S/C12H20N2O2/c1-4-5-7-13-12(15)14(3)9-11-6-8-16-10(11)2/h6,8H,4-5,7,9H2,1-3H3,(H,13,15). The van der Waals surface area contributed by atoms with Gasteiger partial charge < -0.3 is 14.6 Å². The van der Waals surface area contributed by atoms with Gasteiger partial charge in [-0.2, -0.15) is 0 Å². The minimum atomic E-state index is -0.0333. The second-order valence-corrected chi connectivity index (χ2v) is 3.94. The predicted octanol–water partition coefficient (Wildman–Crippen LogP) is 2.53. The highest BCUT2D eigenvalue weighted by Crippen LogP contribution is 2.10. The fraction of sp³-hybridized carbons (Fsp3) is 0.583. The summed E-state index contributed by atoms with van der Waals surface area (Å²) in [6.45, 7) is 5.33. The van der Waals surface area contributed by atoms with E-state index in [4.69, 9.17) is 4.42 Å². The lowest BCUT2D eigenvalue weighted by Gasteiger charge is -2.17. The quantitative estimate of drug-likeness (QED) is 0.781. The summed E-state index contributed by atoms with van der Waals surface area (Å²) in [4.78, 5) is 13.3. The van der Waals surface area contributed by atoms with Crippen molar-refractivity contribution in [3.05, 3.63) is 23.7 Å². The molecule has 90 valence electrons. The monoisotopic (exact) mass is 224 g/mol. The van der Waals surface area contributed by atoms with Gasteiger partial charge in [-0.05, 0) is 19.4 Å². The Bertz CT molecular complexity index is 334. The molecule has 0 spiro atoms. The first-order chi connectivity index (χ1) is 7.65. The summed E-state index contributed by atoms with van der Waals surface area (Å²) >= 11 is 0. The minimum absolute atomic E-state index is 0.0333. The fourth-order valence-electron chi connectivity index (χ4n) is 1.41. The van der Waals surface area contributed by atoms with Gasteiger partial charge in [0.2, 0.25) is 0 Å². The molecule has 4 nitrogen and oxygen atoms in total. The van der Waals surface area contributed by atoms with Gasteiger partial charge in [0.25, 0.3) is 0 Å². The number of nitrogens with zero attached hydrogens (tertiary/aromatic N) is 1. The maximum Gasteiger partial charge on any atom is 0.317 e. The zero-order valence-electron chi connectivity index (χ0n) is 10.2. The SMILES string of the molecule is CCCCNC(=O)N(C)Cc1ccoc1C. The van der Waals surface area contributed by atoms with Crippen molar-refractivity contribution in [1.82, 2.24) is 10.2 Å². The molecule has 2 amide bonds. The number of hydrogen-bond donors (Lipinski definition) is 1. The van der Waals surface area contributed by atoms with Gasteiger partial charge >= 0.3 is 6.03 Å². The lowest BCUT2D eigenvalue weighted by Crippen LogP contribution is -2.37. The van der Waals surface area contributed by atoms with Crippen LogP contribution in [0.2, 0.25) is 0 Å². The van der Waals surface area contributed by atoms with Crippen LogP contribution in [0.25, 0.3) is 0 Å². The lowest BCUT2D eigenvalue weighted by atomic mass is 10.2. The van der Waals surface area contributed by atoms with E-state index < -0.39 is 0 Å². The van der Waals surface area contributed by atoms with Crippen LogP contribution in [0.4, 0.5) is 4.79 Å². The summed E-state index contributed by atoms with van der Waals surface area (Å²) in [6, 6.07) is 1.86. The number of furan rings is 1. The molecule has 1 N–H and O–H groups in total. The number of carbonyl (C=O) groups is 1. The Balaban J connectivity index is 2.37. The van der Waals surface area contributed by atoms with E-state index in [0.717, 1.165) is 30.7 Å². The Morgan fingerprint density at radius 3 is 2.88 bits per heavy atom. The highest BCUT2D eigenvalue weighted by atomic mass is 16.3. The van der Waals surface area contributed by atoms with Gasteiger partial charge in [-0.15, -0.1) is 0 Å². The molecule has 0 aromatic carbocycles. The van der Waals surface area contributed by atoms with Gasteiger partial charge in [0, 0.05) is 19.2 Å². The molecule has 0 unspecified atom stereocenters. The highest BCUT2D eigenvalue weighted by Gasteiger charge is 2.10. The Morgan fingerprint density at radius 2 is 2.31 bits per heavy atom. The second kappa shape index (κ2) is 6.20. The third kappa shape index (κ3) is 3.61. The lowest BCUT2D eigenvalue weighted by molar-refractivity contribution is 0.206. The summed E-state index contributed by atoms with van der Waals surface area (Å²) < 4.78 is 5.19. The Hall–Kier alpha value is -1.45. The van der Waals surface area contributed by atoms with E-state index in [-0.39, 0.29) is 6.03 Å². The number of carbonyl (C=O) groups excluding carboxylic acids is 1. The third-order valence-corrected chi connectivity index (χ3v) is 2.53. The van der Waals surface area contributed by atoms with Gasteiger partial charge in [-0.25, -0.2) is 4.79 Å². The van der Waals surface area contributed by atoms with E-state index in [0.29, 0.717) is 6.54 Å². The van der Waals surface area contributed by atoms with Gasteiger partial charge in [-0.3, -0.25) is 0 Å². The molecule has 1 aromatic heterocycles. The average molecular weight is 224 g/mol. The second-order valence-electron chi connectivity index (χ2n) is 3.94. The van der Waals surface area contributed by atoms with Gasteiger partial charge in [0.1, 0.15) is 5.76 Å². The van der Waals surface area contributed by atoms with Crippen molar-refractivity contribution >= 4 is 6.03 Å². The van der Waals surface area contributed by atoms with Crippen LogP contribution < -0.4 is 5.32 Å². The van der Waals surface area contributed by atoms with Crippen LogP contribution >= 0.6 is 0 Å². The molecule has 0 atom stereocenters. The topological polar surface area (TPSA) is 45.5 Å². The van der Waals surface area contributed by atoms with Crippen molar-refractivity contribution in [1.29, 1.82) is 0 Å². The summed E-state index contributed by atoms with van der Waals surface area (Å²) in [6.07, 6.45) is 3.75. The van der Waals surface area contributed by atoms with Gasteiger partial charge in [0.15, 0.2) is 0 Å². The Kier molecular flexibility index (Phi) is 4.89. The largest absolute Gasteiger partial charge is 0.469 e. The van der Waals surface area contributed by atoms with Crippen LogP contribution in [0.1, 0.15) is 31.1 Å². The normalized spacial score (nSPS) is 10.2. The summed E-state index contributed by atoms with van der Waals surface area (Å²) in [7, 11) is 1.79.